The van der Waals surface area contributed by atoms with Crippen LogP contribution in [0.1, 0.15) is 20.8 Å². The zero-order chi connectivity index (χ0) is 12.4. The Morgan fingerprint density at radius 2 is 1.94 bits per heavy atom. The van der Waals surface area contributed by atoms with E-state index in [2.05, 4.69) is 3.53 Å². The van der Waals surface area contributed by atoms with Gasteiger partial charge in [0, 0.05) is 22.9 Å². The summed E-state index contributed by atoms with van der Waals surface area (Å²) in [6.07, 6.45) is -1.17. The number of ether oxygens (including phenoxy) is 2. The van der Waals surface area contributed by atoms with Gasteiger partial charge in [-0.05, 0) is 20.8 Å². The predicted octanol–water partition coefficient (Wildman–Crippen LogP) is -0.738. The van der Waals surface area contributed by atoms with Crippen molar-refractivity contribution in [3.8, 4) is 0 Å². The number of aliphatic hydroxyl groups is 3. The lowest BCUT2D eigenvalue weighted by molar-refractivity contribution is -0.559. The lowest BCUT2D eigenvalue weighted by Crippen LogP contribution is -2.94. The van der Waals surface area contributed by atoms with Gasteiger partial charge in [-0.25, -0.2) is 3.53 Å². The van der Waals surface area contributed by atoms with Gasteiger partial charge in [-0.1, -0.05) is 0 Å². The highest BCUT2D eigenvalue weighted by Gasteiger charge is 2.83. The largest absolute Gasteiger partial charge is 0.391 e. The van der Waals surface area contributed by atoms with Crippen molar-refractivity contribution in [3.05, 3.63) is 0 Å². The van der Waals surface area contributed by atoms with Crippen molar-refractivity contribution in [3.63, 3.8) is 0 Å². The first-order valence-corrected chi connectivity index (χ1v) is 6.06. The van der Waals surface area contributed by atoms with E-state index in [4.69, 9.17) is 9.47 Å². The molecule has 5 atom stereocenters. The van der Waals surface area contributed by atoms with Crippen molar-refractivity contribution in [1.82, 2.24) is 3.53 Å². The molecule has 3 saturated heterocycles. The topological polar surface area (TPSA) is 91.2 Å². The average Bonchev–Trinajstić information content (AvgIpc) is 2.24. The third kappa shape index (κ3) is 1.03. The Morgan fingerprint density at radius 3 is 2.31 bits per heavy atom. The van der Waals surface area contributed by atoms with Gasteiger partial charge in [-0.2, -0.15) is 0 Å². The molecule has 4 N–H and O–H groups in total. The molecule has 16 heavy (non-hydrogen) atoms. The summed E-state index contributed by atoms with van der Waals surface area (Å²) in [6.45, 7) is 4.39. The van der Waals surface area contributed by atoms with Crippen LogP contribution < -0.4 is 3.53 Å². The van der Waals surface area contributed by atoms with E-state index < -0.39 is 35.4 Å². The van der Waals surface area contributed by atoms with E-state index in [0.29, 0.717) is 0 Å². The van der Waals surface area contributed by atoms with Crippen molar-refractivity contribution in [2.24, 2.45) is 0 Å². The third-order valence-corrected chi connectivity index (χ3v) is 5.35. The summed E-state index contributed by atoms with van der Waals surface area (Å²) < 4.78 is 13.7. The molecule has 3 fully saturated rings. The number of aliphatic hydroxyl groups excluding tert-OH is 2. The van der Waals surface area contributed by atoms with Crippen molar-refractivity contribution in [2.45, 2.75) is 49.6 Å². The first-order valence-electron chi connectivity index (χ1n) is 4.98. The Kier molecular flexibility index (Phi) is 2.65. The lowest BCUT2D eigenvalue weighted by atomic mass is 9.60. The Balaban J connectivity index is 2.47. The van der Waals surface area contributed by atoms with Crippen LogP contribution in [0.5, 0.6) is 0 Å². The van der Waals surface area contributed by atoms with Crippen LogP contribution in [0.3, 0.4) is 0 Å². The summed E-state index contributed by atoms with van der Waals surface area (Å²) in [5.74, 6) is -1.53. The molecule has 0 saturated carbocycles. The van der Waals surface area contributed by atoms with E-state index in [0.717, 1.165) is 0 Å². The number of hydrogen-bond donors (Lipinski definition) is 4. The highest BCUT2D eigenvalue weighted by atomic mass is 127. The fraction of sp³-hybridized carbons (Fsp3) is 1.00. The van der Waals surface area contributed by atoms with E-state index in [9.17, 15) is 15.3 Å². The number of halogens is 1. The molecule has 3 aliphatic heterocycles. The van der Waals surface area contributed by atoms with E-state index in [1.54, 1.807) is 13.8 Å². The third-order valence-electron chi connectivity index (χ3n) is 4.23. The molecule has 3 heterocycles. The van der Waals surface area contributed by atoms with Gasteiger partial charge in [0.05, 0.1) is 0 Å². The van der Waals surface area contributed by atoms with Crippen molar-refractivity contribution < 1.29 is 24.8 Å². The van der Waals surface area contributed by atoms with Crippen LogP contribution in [0.25, 0.3) is 0 Å². The van der Waals surface area contributed by atoms with Crippen LogP contribution in [-0.2, 0) is 9.47 Å². The van der Waals surface area contributed by atoms with Crippen molar-refractivity contribution in [2.75, 3.05) is 6.61 Å². The van der Waals surface area contributed by atoms with E-state index >= 15 is 0 Å². The molecule has 6 nitrogen and oxygen atoms in total. The summed E-state index contributed by atoms with van der Waals surface area (Å²) in [7, 11) is 0. The molecular weight excluding hydrogens is 329 g/mol. The van der Waals surface area contributed by atoms with Crippen LogP contribution >= 0.6 is 22.9 Å². The van der Waals surface area contributed by atoms with E-state index in [1.165, 1.54) is 6.92 Å². The molecule has 0 aromatic carbocycles. The second-order valence-corrected chi connectivity index (χ2v) is 5.42. The standard InChI is InChI=1S/C9H16INO5/c1-6(11-10)5(13)15-9(4-12)7(2,14)8(6,3)16-9/h5,11-14H,4H2,1-3H3. The molecule has 0 aromatic rings. The molecule has 94 valence electrons. The second kappa shape index (κ2) is 3.28. The van der Waals surface area contributed by atoms with E-state index in [1.807, 2.05) is 22.9 Å². The minimum Gasteiger partial charge on any atom is -0.391 e. The Labute approximate surface area is 107 Å². The SMILES string of the molecule is CC1(NI)C(O)OC2(CO)OC1(C)C2(C)O. The Bertz CT molecular complexity index is 323. The highest BCUT2D eigenvalue weighted by molar-refractivity contribution is 14.1. The van der Waals surface area contributed by atoms with Gasteiger partial charge in [0.1, 0.15) is 23.3 Å². The van der Waals surface area contributed by atoms with Crippen LogP contribution in [0.15, 0.2) is 0 Å². The fourth-order valence-electron chi connectivity index (χ4n) is 2.49. The molecule has 3 rings (SSSR count). The zero-order valence-corrected chi connectivity index (χ0v) is 11.5. The lowest BCUT2D eigenvalue weighted by Gasteiger charge is -2.73. The first kappa shape index (κ1) is 12.9. The van der Waals surface area contributed by atoms with Gasteiger partial charge < -0.3 is 24.8 Å². The smallest absolute Gasteiger partial charge is 0.227 e. The molecule has 3 aliphatic rings. The maximum absolute atomic E-state index is 10.4. The van der Waals surface area contributed by atoms with Crippen molar-refractivity contribution in [1.29, 1.82) is 0 Å². The maximum Gasteiger partial charge on any atom is 0.227 e. The monoisotopic (exact) mass is 345 g/mol. The molecule has 5 unspecified atom stereocenters. The van der Waals surface area contributed by atoms with Gasteiger partial charge >= 0.3 is 0 Å². The van der Waals surface area contributed by atoms with Crippen LogP contribution in [0, 0.1) is 0 Å². The fourth-order valence-corrected chi connectivity index (χ4v) is 3.27. The van der Waals surface area contributed by atoms with Gasteiger partial charge in [-0.3, -0.25) is 0 Å². The molecular formula is C9H16INO5. The average molecular weight is 345 g/mol. The molecule has 0 amide bonds. The van der Waals surface area contributed by atoms with Crippen LogP contribution in [-0.4, -0.2) is 50.7 Å². The van der Waals surface area contributed by atoms with E-state index in [-0.39, 0.29) is 0 Å². The number of fused-ring (bicyclic) bond motifs is 2. The van der Waals surface area contributed by atoms with Gasteiger partial charge in [-0.15, -0.1) is 0 Å². The summed E-state index contributed by atoms with van der Waals surface area (Å²) in [5.41, 5.74) is -3.39. The van der Waals surface area contributed by atoms with Crippen LogP contribution in [0.2, 0.25) is 0 Å². The summed E-state index contributed by atoms with van der Waals surface area (Å²) >= 11 is 1.88. The predicted molar refractivity (Wildman–Crippen MR) is 62.6 cm³/mol. The summed E-state index contributed by atoms with van der Waals surface area (Å²) in [5, 5.41) is 29.6. The zero-order valence-electron chi connectivity index (χ0n) is 9.32. The highest BCUT2D eigenvalue weighted by Crippen LogP contribution is 2.61. The van der Waals surface area contributed by atoms with Gasteiger partial charge in [0.2, 0.25) is 5.79 Å². The second-order valence-electron chi connectivity index (χ2n) is 4.89. The first-order chi connectivity index (χ1) is 7.21. The molecule has 2 bridgehead atoms. The van der Waals surface area contributed by atoms with Crippen LogP contribution in [0.4, 0.5) is 0 Å². The number of hydrogen-bond acceptors (Lipinski definition) is 6. The molecule has 0 aromatic heterocycles. The minimum atomic E-state index is -1.53. The molecule has 0 aliphatic carbocycles. The normalized spacial score (nSPS) is 60.6. The van der Waals surface area contributed by atoms with Gasteiger partial charge in [0.15, 0.2) is 6.29 Å². The summed E-state index contributed by atoms with van der Waals surface area (Å²) in [4.78, 5) is 0. The maximum atomic E-state index is 10.4. The Hall–Kier alpha value is 0.490. The summed E-state index contributed by atoms with van der Waals surface area (Å²) in [6, 6.07) is 0. The molecule has 0 spiro atoms. The number of nitrogens with one attached hydrogen (secondary N) is 1. The van der Waals surface area contributed by atoms with Crippen molar-refractivity contribution >= 4 is 22.9 Å². The minimum absolute atomic E-state index is 0.510. The molecule has 0 radical (unpaired) electrons. The van der Waals surface area contributed by atoms with Gasteiger partial charge in [0.25, 0.3) is 0 Å². The molecule has 7 heteroatoms. The quantitative estimate of drug-likeness (QED) is 0.389. The Morgan fingerprint density at radius 1 is 1.38 bits per heavy atom. The number of rotatable bonds is 2.